The van der Waals surface area contributed by atoms with Crippen molar-refractivity contribution in [3.63, 3.8) is 0 Å². The van der Waals surface area contributed by atoms with Crippen molar-refractivity contribution in [1.29, 1.82) is 0 Å². The van der Waals surface area contributed by atoms with Gasteiger partial charge in [-0.25, -0.2) is 0 Å². The minimum atomic E-state index is -0.224. The van der Waals surface area contributed by atoms with Crippen molar-refractivity contribution in [3.05, 3.63) is 126 Å². The lowest BCUT2D eigenvalue weighted by Crippen LogP contribution is -2.14. The number of aromatic nitrogens is 2. The van der Waals surface area contributed by atoms with Crippen LogP contribution in [0.3, 0.4) is 0 Å². The van der Waals surface area contributed by atoms with Crippen LogP contribution in [0.15, 0.2) is 104 Å². The fraction of sp³-hybridized carbons (Fsp3) is 0.0690. The molecule has 2 amide bonds. The summed E-state index contributed by atoms with van der Waals surface area (Å²) in [4.78, 5) is 29.8. The molecule has 0 atom stereocenters. The maximum absolute atomic E-state index is 12.9. The smallest absolute Gasteiger partial charge is 0.255 e. The lowest BCUT2D eigenvalue weighted by molar-refractivity contribution is 0.102. The second-order valence-electron chi connectivity index (χ2n) is 8.36. The number of amides is 2. The third-order valence-corrected chi connectivity index (χ3v) is 5.88. The maximum Gasteiger partial charge on any atom is 0.255 e. The normalized spacial score (nSPS) is 10.8. The molecule has 0 aliphatic carbocycles. The molecule has 2 heterocycles. The second kappa shape index (κ2) is 9.65. The van der Waals surface area contributed by atoms with Crippen molar-refractivity contribution < 1.29 is 9.59 Å². The summed E-state index contributed by atoms with van der Waals surface area (Å²) < 4.78 is 2.10. The van der Waals surface area contributed by atoms with Crippen LogP contribution in [0.5, 0.6) is 0 Å². The Hall–Kier alpha value is -4.71. The minimum Gasteiger partial charge on any atom is -0.350 e. The van der Waals surface area contributed by atoms with Gasteiger partial charge in [0, 0.05) is 53.0 Å². The zero-order valence-electron chi connectivity index (χ0n) is 19.2. The molecule has 6 nitrogen and oxygen atoms in total. The Morgan fingerprint density at radius 1 is 0.800 bits per heavy atom. The summed E-state index contributed by atoms with van der Waals surface area (Å²) in [5.41, 5.74) is 5.30. The monoisotopic (exact) mass is 460 g/mol. The average molecular weight is 461 g/mol. The number of nitrogens with one attached hydrogen (secondary N) is 2. The van der Waals surface area contributed by atoms with Crippen molar-refractivity contribution in [2.45, 2.75) is 13.5 Å². The van der Waals surface area contributed by atoms with Crippen LogP contribution in [0.25, 0.3) is 10.9 Å². The van der Waals surface area contributed by atoms with Gasteiger partial charge in [-0.15, -0.1) is 0 Å². The molecule has 0 aliphatic rings. The van der Waals surface area contributed by atoms with E-state index in [2.05, 4.69) is 26.3 Å². The van der Waals surface area contributed by atoms with E-state index in [0.29, 0.717) is 16.8 Å². The number of benzene rings is 3. The van der Waals surface area contributed by atoms with E-state index in [0.717, 1.165) is 34.3 Å². The summed E-state index contributed by atoms with van der Waals surface area (Å²) >= 11 is 0. The van der Waals surface area contributed by atoms with Crippen molar-refractivity contribution in [2.24, 2.45) is 0 Å². The molecule has 0 saturated carbocycles. The lowest BCUT2D eigenvalue weighted by atomic mass is 10.1. The number of fused-ring (bicyclic) bond motifs is 1. The molecule has 0 bridgehead atoms. The predicted molar refractivity (Wildman–Crippen MR) is 139 cm³/mol. The lowest BCUT2D eigenvalue weighted by Gasteiger charge is -2.12. The zero-order chi connectivity index (χ0) is 24.2. The molecule has 3 aromatic carbocycles. The standard InChI is InChI=1S/C29H24N4O2/c1-20-26(14-11-24-17-21(18-30-27(20)24)19-33-15-5-6-16-33)32-29(35)23-9-12-25(13-10-23)31-28(34)22-7-3-2-4-8-22/h2-18H,19H2,1H3,(H,31,34)(H,32,35). The highest BCUT2D eigenvalue weighted by molar-refractivity contribution is 6.07. The minimum absolute atomic E-state index is 0.196. The molecule has 2 N–H and O–H groups in total. The molecule has 2 aromatic heterocycles. The van der Waals surface area contributed by atoms with Crippen LogP contribution in [0.2, 0.25) is 0 Å². The van der Waals surface area contributed by atoms with Crippen molar-refractivity contribution in [3.8, 4) is 0 Å². The van der Waals surface area contributed by atoms with Crippen LogP contribution in [-0.4, -0.2) is 21.4 Å². The number of carbonyl (C=O) groups excluding carboxylic acids is 2. The van der Waals surface area contributed by atoms with E-state index in [1.165, 1.54) is 0 Å². The quantitative estimate of drug-likeness (QED) is 0.331. The van der Waals surface area contributed by atoms with Gasteiger partial charge in [0.05, 0.1) is 5.52 Å². The number of rotatable bonds is 6. The number of hydrogen-bond donors (Lipinski definition) is 2. The number of nitrogens with zero attached hydrogens (tertiary/aromatic N) is 2. The van der Waals surface area contributed by atoms with Crippen LogP contribution < -0.4 is 10.6 Å². The topological polar surface area (TPSA) is 76.0 Å². The van der Waals surface area contributed by atoms with Gasteiger partial charge in [-0.1, -0.05) is 24.3 Å². The largest absolute Gasteiger partial charge is 0.350 e. The van der Waals surface area contributed by atoms with Crippen LogP contribution in [0, 0.1) is 6.92 Å². The Morgan fingerprint density at radius 2 is 1.49 bits per heavy atom. The highest BCUT2D eigenvalue weighted by atomic mass is 16.2. The molecule has 5 rings (SSSR count). The van der Waals surface area contributed by atoms with E-state index < -0.39 is 0 Å². The fourth-order valence-corrected chi connectivity index (χ4v) is 3.99. The summed E-state index contributed by atoms with van der Waals surface area (Å²) in [5, 5.41) is 6.86. The SMILES string of the molecule is Cc1c(NC(=O)c2ccc(NC(=O)c3ccccc3)cc2)ccc2cc(Cn3cccc3)cnc12. The van der Waals surface area contributed by atoms with Crippen molar-refractivity contribution in [2.75, 3.05) is 10.6 Å². The molecule has 5 aromatic rings. The number of hydrogen-bond acceptors (Lipinski definition) is 3. The van der Waals surface area contributed by atoms with E-state index >= 15 is 0 Å². The van der Waals surface area contributed by atoms with Crippen molar-refractivity contribution in [1.82, 2.24) is 9.55 Å². The first-order valence-corrected chi connectivity index (χ1v) is 11.3. The predicted octanol–water partition coefficient (Wildman–Crippen LogP) is 5.90. The van der Waals surface area contributed by atoms with Gasteiger partial charge in [0.15, 0.2) is 0 Å². The molecule has 0 spiro atoms. The Kier molecular flexibility index (Phi) is 6.09. The molecule has 0 unspecified atom stereocenters. The van der Waals surface area contributed by atoms with E-state index in [-0.39, 0.29) is 11.8 Å². The third kappa shape index (κ3) is 4.96. The summed E-state index contributed by atoms with van der Waals surface area (Å²) in [6.07, 6.45) is 5.93. The number of carbonyl (C=O) groups is 2. The molecule has 0 aliphatic heterocycles. The Bertz CT molecular complexity index is 1490. The summed E-state index contributed by atoms with van der Waals surface area (Å²) in [6.45, 7) is 2.72. The summed E-state index contributed by atoms with van der Waals surface area (Å²) in [6, 6.07) is 25.8. The highest BCUT2D eigenvalue weighted by Gasteiger charge is 2.12. The average Bonchev–Trinajstić information content (AvgIpc) is 3.40. The van der Waals surface area contributed by atoms with Crippen LogP contribution in [0.4, 0.5) is 11.4 Å². The second-order valence-corrected chi connectivity index (χ2v) is 8.36. The molecule has 6 heteroatoms. The molecule has 0 fully saturated rings. The zero-order valence-corrected chi connectivity index (χ0v) is 19.2. The van der Waals surface area contributed by atoms with E-state index in [4.69, 9.17) is 0 Å². The number of pyridine rings is 1. The van der Waals surface area contributed by atoms with Crippen molar-refractivity contribution >= 4 is 34.1 Å². The fourth-order valence-electron chi connectivity index (χ4n) is 3.99. The van der Waals surface area contributed by atoms with Gasteiger partial charge in [0.1, 0.15) is 0 Å². The van der Waals surface area contributed by atoms with Gasteiger partial charge in [-0.3, -0.25) is 14.6 Å². The van der Waals surface area contributed by atoms with E-state index in [1.807, 2.05) is 68.0 Å². The Balaban J connectivity index is 1.28. The summed E-state index contributed by atoms with van der Waals surface area (Å²) in [7, 11) is 0. The Labute approximate surface area is 203 Å². The number of anilines is 2. The maximum atomic E-state index is 12.9. The van der Waals surface area contributed by atoms with E-state index in [1.54, 1.807) is 36.4 Å². The van der Waals surface area contributed by atoms with Crippen LogP contribution in [0.1, 0.15) is 31.8 Å². The Morgan fingerprint density at radius 3 is 2.23 bits per heavy atom. The highest BCUT2D eigenvalue weighted by Crippen LogP contribution is 2.25. The van der Waals surface area contributed by atoms with Crippen LogP contribution >= 0.6 is 0 Å². The first-order chi connectivity index (χ1) is 17.1. The van der Waals surface area contributed by atoms with Gasteiger partial charge >= 0.3 is 0 Å². The first-order valence-electron chi connectivity index (χ1n) is 11.3. The molecular formula is C29H24N4O2. The molecule has 0 saturated heterocycles. The molecule has 0 radical (unpaired) electrons. The molecule has 35 heavy (non-hydrogen) atoms. The molecule has 172 valence electrons. The van der Waals surface area contributed by atoms with Gasteiger partial charge in [0.25, 0.3) is 11.8 Å². The summed E-state index contributed by atoms with van der Waals surface area (Å²) in [5.74, 6) is -0.420. The third-order valence-electron chi connectivity index (χ3n) is 5.88. The van der Waals surface area contributed by atoms with Gasteiger partial charge in [0.2, 0.25) is 0 Å². The van der Waals surface area contributed by atoms with Gasteiger partial charge in [-0.2, -0.15) is 0 Å². The van der Waals surface area contributed by atoms with Crippen LogP contribution in [-0.2, 0) is 6.54 Å². The van der Waals surface area contributed by atoms with Gasteiger partial charge in [-0.05, 0) is 78.7 Å². The molecular weight excluding hydrogens is 436 g/mol. The first kappa shape index (κ1) is 22.1. The van der Waals surface area contributed by atoms with E-state index in [9.17, 15) is 9.59 Å². The van der Waals surface area contributed by atoms with Gasteiger partial charge < -0.3 is 15.2 Å². The number of aryl methyl sites for hydroxylation is 1.